The van der Waals surface area contributed by atoms with Crippen molar-refractivity contribution >= 4 is 50.7 Å². The average Bonchev–Trinajstić information content (AvgIpc) is 2.74. The zero-order valence-electron chi connectivity index (χ0n) is 16.3. The molecule has 10 heteroatoms. The minimum atomic E-state index is -3.94. The molecule has 0 aliphatic heterocycles. The van der Waals surface area contributed by atoms with Crippen molar-refractivity contribution in [1.82, 2.24) is 0 Å². The summed E-state index contributed by atoms with van der Waals surface area (Å²) in [5.41, 5.74) is 0.847. The van der Waals surface area contributed by atoms with Gasteiger partial charge in [0, 0.05) is 16.3 Å². The molecule has 3 aromatic carbocycles. The molecule has 162 valence electrons. The summed E-state index contributed by atoms with van der Waals surface area (Å²) in [7, 11) is -3.94. The van der Waals surface area contributed by atoms with Crippen LogP contribution in [0.2, 0.25) is 5.02 Å². The smallest absolute Gasteiger partial charge is 0.262 e. The van der Waals surface area contributed by atoms with Gasteiger partial charge in [0.05, 0.1) is 9.92 Å². The normalized spacial score (nSPS) is 11.1. The minimum Gasteiger partial charge on any atom is -0.482 e. The first-order valence-corrected chi connectivity index (χ1v) is 12.0. The molecule has 2 N–H and O–H groups in total. The minimum absolute atomic E-state index is 0.0270. The molecule has 0 aromatic heterocycles. The topological polar surface area (TPSA) is 84.5 Å². The van der Waals surface area contributed by atoms with E-state index in [1.165, 1.54) is 30.3 Å². The van der Waals surface area contributed by atoms with Crippen molar-refractivity contribution < 1.29 is 22.3 Å². The Hall–Kier alpha value is -2.75. The van der Waals surface area contributed by atoms with Crippen LogP contribution < -0.4 is 14.8 Å². The predicted octanol–water partition coefficient (Wildman–Crippen LogP) is 5.02. The van der Waals surface area contributed by atoms with Crippen LogP contribution in [0.3, 0.4) is 0 Å². The number of thioether (sulfide) groups is 1. The van der Waals surface area contributed by atoms with E-state index in [1.807, 2.05) is 24.5 Å². The fraction of sp³-hybridized carbons (Fsp3) is 0.0952. The lowest BCUT2D eigenvalue weighted by molar-refractivity contribution is -0.118. The Morgan fingerprint density at radius 1 is 1.06 bits per heavy atom. The van der Waals surface area contributed by atoms with Crippen molar-refractivity contribution in [3.63, 3.8) is 0 Å². The van der Waals surface area contributed by atoms with E-state index >= 15 is 0 Å². The molecular formula is C21H18ClFN2O4S2. The Balaban J connectivity index is 1.63. The second-order valence-corrected chi connectivity index (χ2v) is 9.24. The first kappa shape index (κ1) is 22.9. The Kier molecular flexibility index (Phi) is 7.42. The molecule has 3 aromatic rings. The highest BCUT2D eigenvalue weighted by Crippen LogP contribution is 2.28. The van der Waals surface area contributed by atoms with Gasteiger partial charge >= 0.3 is 0 Å². The first-order chi connectivity index (χ1) is 14.8. The Bertz CT molecular complexity index is 1190. The maximum atomic E-state index is 13.0. The number of amides is 1. The summed E-state index contributed by atoms with van der Waals surface area (Å²) in [6.45, 7) is -0.302. The number of anilines is 2. The molecule has 0 saturated carbocycles. The Labute approximate surface area is 188 Å². The van der Waals surface area contributed by atoms with Crippen LogP contribution in [0, 0.1) is 5.82 Å². The summed E-state index contributed by atoms with van der Waals surface area (Å²) in [5, 5.41) is 2.75. The molecule has 0 fully saturated rings. The van der Waals surface area contributed by atoms with Gasteiger partial charge in [0.15, 0.2) is 6.61 Å². The predicted molar refractivity (Wildman–Crippen MR) is 121 cm³/mol. The van der Waals surface area contributed by atoms with Gasteiger partial charge in [0.1, 0.15) is 11.6 Å². The van der Waals surface area contributed by atoms with E-state index in [4.69, 9.17) is 16.3 Å². The van der Waals surface area contributed by atoms with Crippen molar-refractivity contribution in [3.05, 3.63) is 77.6 Å². The van der Waals surface area contributed by atoms with Gasteiger partial charge in [-0.1, -0.05) is 17.7 Å². The molecule has 3 rings (SSSR count). The second kappa shape index (κ2) is 10.0. The van der Waals surface area contributed by atoms with E-state index in [-0.39, 0.29) is 33.9 Å². The van der Waals surface area contributed by atoms with Gasteiger partial charge in [-0.15, -0.1) is 11.8 Å². The Morgan fingerprint density at radius 3 is 2.48 bits per heavy atom. The zero-order chi connectivity index (χ0) is 22.4. The third kappa shape index (κ3) is 6.36. The van der Waals surface area contributed by atoms with Crippen molar-refractivity contribution in [2.24, 2.45) is 0 Å². The molecule has 6 nitrogen and oxygen atoms in total. The van der Waals surface area contributed by atoms with Gasteiger partial charge in [-0.2, -0.15) is 0 Å². The maximum Gasteiger partial charge on any atom is 0.262 e. The van der Waals surface area contributed by atoms with Gasteiger partial charge in [-0.25, -0.2) is 12.8 Å². The lowest BCUT2D eigenvalue weighted by Crippen LogP contribution is -2.20. The average molecular weight is 481 g/mol. The summed E-state index contributed by atoms with van der Waals surface area (Å²) in [6.07, 6.45) is 1.94. The largest absolute Gasteiger partial charge is 0.482 e. The summed E-state index contributed by atoms with van der Waals surface area (Å²) in [6, 6.07) is 16.1. The van der Waals surface area contributed by atoms with Crippen molar-refractivity contribution in [2.75, 3.05) is 22.9 Å². The molecule has 0 saturated heterocycles. The number of carbonyl (C=O) groups excluding carboxylic acids is 1. The lowest BCUT2D eigenvalue weighted by atomic mass is 10.3. The second-order valence-electron chi connectivity index (χ2n) is 6.27. The molecule has 0 radical (unpaired) electrons. The van der Waals surface area contributed by atoms with E-state index in [0.717, 1.165) is 17.0 Å². The number of hydrogen-bond acceptors (Lipinski definition) is 5. The molecule has 0 spiro atoms. The van der Waals surface area contributed by atoms with Gasteiger partial charge in [0.25, 0.3) is 15.9 Å². The fourth-order valence-corrected chi connectivity index (χ4v) is 4.38. The van der Waals surface area contributed by atoms with Gasteiger partial charge < -0.3 is 10.1 Å². The molecule has 1 amide bonds. The summed E-state index contributed by atoms with van der Waals surface area (Å²) in [4.78, 5) is 13.0. The van der Waals surface area contributed by atoms with E-state index in [0.29, 0.717) is 5.69 Å². The third-order valence-corrected chi connectivity index (χ3v) is 6.42. The highest BCUT2D eigenvalue weighted by atomic mass is 35.5. The molecule has 0 aliphatic carbocycles. The quantitative estimate of drug-likeness (QED) is 0.442. The molecule has 0 aliphatic rings. The summed E-state index contributed by atoms with van der Waals surface area (Å²) in [5.74, 6) is -0.701. The molecule has 0 bridgehead atoms. The van der Waals surface area contributed by atoms with Crippen LogP contribution >= 0.6 is 23.4 Å². The number of ether oxygens (including phenoxy) is 1. The van der Waals surface area contributed by atoms with Crippen molar-refractivity contribution in [1.29, 1.82) is 0 Å². The van der Waals surface area contributed by atoms with Crippen molar-refractivity contribution in [3.8, 4) is 5.75 Å². The number of sulfonamides is 1. The maximum absolute atomic E-state index is 13.0. The molecular weight excluding hydrogens is 463 g/mol. The van der Waals surface area contributed by atoms with Crippen LogP contribution in [0.1, 0.15) is 0 Å². The number of rotatable bonds is 8. The fourth-order valence-electron chi connectivity index (χ4n) is 2.54. The zero-order valence-corrected chi connectivity index (χ0v) is 18.7. The monoisotopic (exact) mass is 480 g/mol. The van der Waals surface area contributed by atoms with Gasteiger partial charge in [0.2, 0.25) is 0 Å². The number of halogens is 2. The molecule has 0 atom stereocenters. The number of benzene rings is 3. The van der Waals surface area contributed by atoms with Crippen LogP contribution in [0.5, 0.6) is 5.75 Å². The van der Waals surface area contributed by atoms with Crippen LogP contribution in [-0.4, -0.2) is 27.2 Å². The summed E-state index contributed by atoms with van der Waals surface area (Å²) < 4.78 is 45.7. The van der Waals surface area contributed by atoms with Gasteiger partial charge in [-0.05, 0) is 66.9 Å². The van der Waals surface area contributed by atoms with Crippen molar-refractivity contribution in [2.45, 2.75) is 9.79 Å². The number of carbonyl (C=O) groups is 1. The standard InChI is InChI=1S/C21H18ClFN2O4S2/c1-30-17-4-2-3-16(11-17)24-21(26)13-29-20-10-9-18(12-19(20)22)31(27,28)25-15-7-5-14(23)6-8-15/h2-12,25H,13H2,1H3,(H,24,26). The van der Waals surface area contributed by atoms with Crippen LogP contribution in [0.15, 0.2) is 76.5 Å². The van der Waals surface area contributed by atoms with E-state index < -0.39 is 15.8 Å². The third-order valence-electron chi connectivity index (χ3n) is 4.02. The lowest BCUT2D eigenvalue weighted by Gasteiger charge is -2.12. The molecule has 31 heavy (non-hydrogen) atoms. The molecule has 0 heterocycles. The van der Waals surface area contributed by atoms with Crippen LogP contribution in [0.4, 0.5) is 15.8 Å². The van der Waals surface area contributed by atoms with E-state index in [2.05, 4.69) is 10.0 Å². The van der Waals surface area contributed by atoms with Crippen LogP contribution in [-0.2, 0) is 14.8 Å². The highest BCUT2D eigenvalue weighted by Gasteiger charge is 2.17. The first-order valence-electron chi connectivity index (χ1n) is 8.91. The van der Waals surface area contributed by atoms with Crippen LogP contribution in [0.25, 0.3) is 0 Å². The summed E-state index contributed by atoms with van der Waals surface area (Å²) >= 11 is 7.70. The van der Waals surface area contributed by atoms with E-state index in [9.17, 15) is 17.6 Å². The van der Waals surface area contributed by atoms with Gasteiger partial charge in [-0.3, -0.25) is 9.52 Å². The SMILES string of the molecule is CSc1cccc(NC(=O)COc2ccc(S(=O)(=O)Nc3ccc(F)cc3)cc2Cl)c1. The van der Waals surface area contributed by atoms with E-state index in [1.54, 1.807) is 17.8 Å². The Morgan fingerprint density at radius 2 is 1.81 bits per heavy atom. The number of hydrogen-bond donors (Lipinski definition) is 2. The number of nitrogens with one attached hydrogen (secondary N) is 2. The molecule has 0 unspecified atom stereocenters. The highest BCUT2D eigenvalue weighted by molar-refractivity contribution is 7.98.